The minimum absolute atomic E-state index is 0.0539. The van der Waals surface area contributed by atoms with Gasteiger partial charge in [-0.2, -0.15) is 4.31 Å². The molecule has 0 aromatic heterocycles. The topological polar surface area (TPSA) is 66.5 Å². The first-order chi connectivity index (χ1) is 10.9. The quantitative estimate of drug-likeness (QED) is 0.914. The predicted octanol–water partition coefficient (Wildman–Crippen LogP) is 1.98. The van der Waals surface area contributed by atoms with Crippen LogP contribution >= 0.6 is 0 Å². The van der Waals surface area contributed by atoms with Gasteiger partial charge in [0.05, 0.1) is 4.90 Å². The summed E-state index contributed by atoms with van der Waals surface area (Å²) >= 11 is 0. The molecule has 5 nitrogen and oxygen atoms in total. The van der Waals surface area contributed by atoms with Crippen LogP contribution in [0.25, 0.3) is 0 Å². The third-order valence-corrected chi connectivity index (χ3v) is 6.76. The van der Waals surface area contributed by atoms with Crippen LogP contribution in [-0.4, -0.2) is 37.8 Å². The molecule has 1 heterocycles. The molecule has 1 aromatic rings. The summed E-state index contributed by atoms with van der Waals surface area (Å²) in [6, 6.07) is 5.61. The second-order valence-electron chi connectivity index (χ2n) is 6.71. The zero-order valence-corrected chi connectivity index (χ0v) is 14.5. The van der Waals surface area contributed by atoms with E-state index in [1.165, 1.54) is 4.31 Å². The van der Waals surface area contributed by atoms with Crippen LogP contribution in [0.3, 0.4) is 0 Å². The van der Waals surface area contributed by atoms with E-state index in [1.54, 1.807) is 12.1 Å². The maximum absolute atomic E-state index is 12.7. The minimum Gasteiger partial charge on any atom is -0.353 e. The van der Waals surface area contributed by atoms with E-state index < -0.39 is 10.0 Å². The molecule has 0 spiro atoms. The minimum atomic E-state index is -3.46. The third kappa shape index (κ3) is 3.58. The van der Waals surface area contributed by atoms with Crippen LogP contribution in [0.1, 0.15) is 36.8 Å². The summed E-state index contributed by atoms with van der Waals surface area (Å²) in [5, 5.41) is 3.02. The molecule has 2 aliphatic rings. The molecule has 1 aliphatic carbocycles. The molecule has 0 unspecified atom stereocenters. The van der Waals surface area contributed by atoms with Gasteiger partial charge in [0.2, 0.25) is 15.9 Å². The average Bonchev–Trinajstić information content (AvgIpc) is 3.34. The summed E-state index contributed by atoms with van der Waals surface area (Å²) in [4.78, 5) is 12.4. The van der Waals surface area contributed by atoms with Gasteiger partial charge in [0.25, 0.3) is 0 Å². The van der Waals surface area contributed by atoms with Gasteiger partial charge in [-0.1, -0.05) is 6.07 Å². The maximum atomic E-state index is 12.7. The lowest BCUT2D eigenvalue weighted by Crippen LogP contribution is -2.43. The smallest absolute Gasteiger partial charge is 0.243 e. The molecule has 1 amide bonds. The van der Waals surface area contributed by atoms with Crippen molar-refractivity contribution in [2.24, 2.45) is 5.92 Å². The van der Waals surface area contributed by atoms with Crippen molar-refractivity contribution in [1.82, 2.24) is 9.62 Å². The van der Waals surface area contributed by atoms with Crippen LogP contribution in [-0.2, 0) is 14.8 Å². The molecule has 1 N–H and O–H groups in total. The molecule has 1 aromatic carbocycles. The molecule has 23 heavy (non-hydrogen) atoms. The van der Waals surface area contributed by atoms with Crippen molar-refractivity contribution in [2.75, 3.05) is 13.1 Å². The first kappa shape index (κ1) is 16.5. The molecular formula is C17H24N2O3S. The Hall–Kier alpha value is -1.40. The molecule has 6 heteroatoms. The van der Waals surface area contributed by atoms with E-state index in [0.717, 1.165) is 24.0 Å². The van der Waals surface area contributed by atoms with E-state index in [4.69, 9.17) is 0 Å². The fraction of sp³-hybridized carbons (Fsp3) is 0.588. The summed E-state index contributed by atoms with van der Waals surface area (Å²) in [5.74, 6) is 0.0394. The van der Waals surface area contributed by atoms with E-state index in [1.807, 2.05) is 19.9 Å². The van der Waals surface area contributed by atoms with Gasteiger partial charge in [-0.25, -0.2) is 8.42 Å². The molecule has 1 aliphatic heterocycles. The van der Waals surface area contributed by atoms with Gasteiger partial charge < -0.3 is 5.32 Å². The zero-order valence-electron chi connectivity index (χ0n) is 13.7. The van der Waals surface area contributed by atoms with Crippen molar-refractivity contribution < 1.29 is 13.2 Å². The van der Waals surface area contributed by atoms with E-state index in [-0.39, 0.29) is 11.8 Å². The first-order valence-corrected chi connectivity index (χ1v) is 9.70. The molecule has 126 valence electrons. The zero-order chi connectivity index (χ0) is 16.6. The molecule has 0 radical (unpaired) electrons. The van der Waals surface area contributed by atoms with Gasteiger partial charge in [0, 0.05) is 25.0 Å². The highest BCUT2D eigenvalue weighted by Gasteiger charge is 2.34. The molecule has 1 saturated carbocycles. The summed E-state index contributed by atoms with van der Waals surface area (Å²) in [5.41, 5.74) is 2.06. The van der Waals surface area contributed by atoms with E-state index in [9.17, 15) is 13.2 Å². The van der Waals surface area contributed by atoms with E-state index in [2.05, 4.69) is 5.32 Å². The lowest BCUT2D eigenvalue weighted by atomic mass is 9.97. The van der Waals surface area contributed by atoms with Crippen molar-refractivity contribution in [1.29, 1.82) is 0 Å². The lowest BCUT2D eigenvalue weighted by molar-refractivity contribution is -0.126. The van der Waals surface area contributed by atoms with Crippen LogP contribution < -0.4 is 5.32 Å². The Bertz CT molecular complexity index is 703. The number of sulfonamides is 1. The number of hydrogen-bond acceptors (Lipinski definition) is 3. The summed E-state index contributed by atoms with van der Waals surface area (Å²) < 4.78 is 27.0. The van der Waals surface area contributed by atoms with Gasteiger partial charge in [0.15, 0.2) is 0 Å². The Labute approximate surface area is 138 Å². The molecule has 0 bridgehead atoms. The van der Waals surface area contributed by atoms with E-state index in [0.29, 0.717) is 36.9 Å². The monoisotopic (exact) mass is 336 g/mol. The largest absolute Gasteiger partial charge is 0.353 e. The summed E-state index contributed by atoms with van der Waals surface area (Å²) in [6.07, 6.45) is 3.35. The molecule has 1 saturated heterocycles. The maximum Gasteiger partial charge on any atom is 0.243 e. The fourth-order valence-electron chi connectivity index (χ4n) is 2.93. The van der Waals surface area contributed by atoms with Crippen molar-refractivity contribution in [3.63, 3.8) is 0 Å². The Kier molecular flexibility index (Phi) is 4.47. The van der Waals surface area contributed by atoms with Crippen LogP contribution in [0.5, 0.6) is 0 Å². The highest BCUT2D eigenvalue weighted by Crippen LogP contribution is 2.26. The second kappa shape index (κ2) is 6.24. The van der Waals surface area contributed by atoms with Crippen molar-refractivity contribution in [2.45, 2.75) is 50.5 Å². The number of benzene rings is 1. The summed E-state index contributed by atoms with van der Waals surface area (Å²) in [7, 11) is -3.46. The van der Waals surface area contributed by atoms with Gasteiger partial charge in [-0.3, -0.25) is 4.79 Å². The van der Waals surface area contributed by atoms with Gasteiger partial charge in [-0.05, 0) is 62.8 Å². The fourth-order valence-corrected chi connectivity index (χ4v) is 4.48. The number of nitrogens with zero attached hydrogens (tertiary/aromatic N) is 1. The van der Waals surface area contributed by atoms with Crippen LogP contribution in [0, 0.1) is 19.8 Å². The van der Waals surface area contributed by atoms with Crippen LogP contribution in [0.4, 0.5) is 0 Å². The third-order valence-electron chi connectivity index (χ3n) is 4.86. The Morgan fingerprint density at radius 1 is 1.09 bits per heavy atom. The van der Waals surface area contributed by atoms with Crippen molar-refractivity contribution in [3.05, 3.63) is 29.3 Å². The predicted molar refractivity (Wildman–Crippen MR) is 88.6 cm³/mol. The van der Waals surface area contributed by atoms with Gasteiger partial charge in [-0.15, -0.1) is 0 Å². The molecule has 2 fully saturated rings. The van der Waals surface area contributed by atoms with Crippen LogP contribution in [0.2, 0.25) is 0 Å². The molecule has 3 rings (SSSR count). The number of aryl methyl sites for hydroxylation is 2. The number of amides is 1. The van der Waals surface area contributed by atoms with Gasteiger partial charge in [0.1, 0.15) is 0 Å². The number of carbonyl (C=O) groups is 1. The summed E-state index contributed by atoms with van der Waals surface area (Å²) in [6.45, 7) is 4.72. The average molecular weight is 336 g/mol. The number of carbonyl (C=O) groups excluding carboxylic acids is 1. The molecule has 0 atom stereocenters. The normalized spacial score (nSPS) is 20.4. The standard InChI is InChI=1S/C17H24N2O3S/c1-12-3-6-16(11-13(12)2)23(21,22)19-9-7-14(8-10-19)17(20)18-15-4-5-15/h3,6,11,14-15H,4-5,7-10H2,1-2H3,(H,18,20). The Morgan fingerprint density at radius 2 is 1.74 bits per heavy atom. The molecular weight excluding hydrogens is 312 g/mol. The first-order valence-electron chi connectivity index (χ1n) is 8.25. The second-order valence-corrected chi connectivity index (χ2v) is 8.65. The van der Waals surface area contributed by atoms with Crippen LogP contribution in [0.15, 0.2) is 23.1 Å². The van der Waals surface area contributed by atoms with Gasteiger partial charge >= 0.3 is 0 Å². The van der Waals surface area contributed by atoms with Crippen molar-refractivity contribution in [3.8, 4) is 0 Å². The SMILES string of the molecule is Cc1ccc(S(=O)(=O)N2CCC(C(=O)NC3CC3)CC2)cc1C. The van der Waals surface area contributed by atoms with Crippen molar-refractivity contribution >= 4 is 15.9 Å². The highest BCUT2D eigenvalue weighted by atomic mass is 32.2. The number of piperidine rings is 1. The number of nitrogens with one attached hydrogen (secondary N) is 1. The highest BCUT2D eigenvalue weighted by molar-refractivity contribution is 7.89. The Balaban J connectivity index is 1.65. The number of rotatable bonds is 4. The number of hydrogen-bond donors (Lipinski definition) is 1. The lowest BCUT2D eigenvalue weighted by Gasteiger charge is -2.30. The van der Waals surface area contributed by atoms with E-state index >= 15 is 0 Å². The Morgan fingerprint density at radius 3 is 2.30 bits per heavy atom.